The molecule has 0 saturated carbocycles. The van der Waals surface area contributed by atoms with E-state index in [1.165, 1.54) is 4.57 Å². The molecule has 8 nitrogen and oxygen atoms in total. The summed E-state index contributed by atoms with van der Waals surface area (Å²) in [5.74, 6) is 0.628. The fraction of sp³-hybridized carbons (Fsp3) is 0.560. The summed E-state index contributed by atoms with van der Waals surface area (Å²) in [7, 11) is 0. The third-order valence-corrected chi connectivity index (χ3v) is 8.59. The van der Waals surface area contributed by atoms with Gasteiger partial charge in [-0.3, -0.25) is 24.4 Å². The maximum atomic E-state index is 13.2. The lowest BCUT2D eigenvalue weighted by Crippen LogP contribution is -2.48. The Morgan fingerprint density at radius 1 is 1.24 bits per heavy atom. The molecule has 1 amide bonds. The van der Waals surface area contributed by atoms with Gasteiger partial charge in [0, 0.05) is 80.5 Å². The number of carbonyl (C=O) groups is 1. The Morgan fingerprint density at radius 2 is 2.11 bits per heavy atom. The first-order valence-electron chi connectivity index (χ1n) is 12.4. The van der Waals surface area contributed by atoms with Gasteiger partial charge in [-0.2, -0.15) is 24.9 Å². The van der Waals surface area contributed by atoms with Crippen molar-refractivity contribution in [1.82, 2.24) is 24.7 Å². The molecule has 2 aromatic rings. The van der Waals surface area contributed by atoms with Gasteiger partial charge < -0.3 is 14.6 Å². The van der Waals surface area contributed by atoms with Crippen LogP contribution in [-0.2, 0) is 34.6 Å². The average Bonchev–Trinajstić information content (AvgIpc) is 3.53. The number of likely N-dealkylation sites (tertiary alicyclic amines) is 1. The predicted molar refractivity (Wildman–Crippen MR) is 133 cm³/mol. The molecular weight excluding hydrogens is 507 g/mol. The van der Waals surface area contributed by atoms with E-state index in [0.29, 0.717) is 25.3 Å². The van der Waals surface area contributed by atoms with Crippen molar-refractivity contribution < 1.29 is 22.7 Å². The molecule has 3 aliphatic rings. The molecule has 1 N–H and O–H groups in total. The maximum absolute atomic E-state index is 13.2. The summed E-state index contributed by atoms with van der Waals surface area (Å²) in [6.07, 6.45) is -0.0154. The van der Waals surface area contributed by atoms with Gasteiger partial charge in [-0.25, -0.2) is 0 Å². The summed E-state index contributed by atoms with van der Waals surface area (Å²) >= 11 is 1.80. The summed E-state index contributed by atoms with van der Waals surface area (Å²) in [5.41, 5.74) is -0.215. The van der Waals surface area contributed by atoms with Crippen molar-refractivity contribution in [3.8, 4) is 0 Å². The number of amides is 1. The minimum atomic E-state index is -4.59. The van der Waals surface area contributed by atoms with Crippen LogP contribution in [0.15, 0.2) is 41.5 Å². The second-order valence-corrected chi connectivity index (χ2v) is 11.0. The molecule has 200 valence electrons. The van der Waals surface area contributed by atoms with Crippen LogP contribution in [0.1, 0.15) is 23.2 Å². The molecule has 0 spiro atoms. The molecule has 0 bridgehead atoms. The van der Waals surface area contributed by atoms with Gasteiger partial charge in [-0.05, 0) is 24.1 Å². The number of alkyl halides is 3. The molecule has 2 aromatic heterocycles. The molecule has 2 unspecified atom stereocenters. The highest BCUT2D eigenvalue weighted by Crippen LogP contribution is 2.30. The van der Waals surface area contributed by atoms with Gasteiger partial charge in [-0.15, -0.1) is 0 Å². The normalized spacial score (nSPS) is 24.8. The van der Waals surface area contributed by atoms with E-state index in [4.69, 9.17) is 4.74 Å². The lowest BCUT2D eigenvalue weighted by molar-refractivity contribution is -0.138. The molecule has 0 radical (unpaired) electrons. The molecule has 5 rings (SSSR count). The third kappa shape index (κ3) is 6.36. The summed E-state index contributed by atoms with van der Waals surface area (Å²) in [4.78, 5) is 33.6. The van der Waals surface area contributed by atoms with Gasteiger partial charge in [0.2, 0.25) is 5.91 Å². The lowest BCUT2D eigenvalue weighted by atomic mass is 10.1. The summed E-state index contributed by atoms with van der Waals surface area (Å²) in [6.45, 7) is 3.88. The van der Waals surface area contributed by atoms with Crippen LogP contribution < -0.4 is 10.9 Å². The first-order chi connectivity index (χ1) is 17.8. The Morgan fingerprint density at radius 3 is 2.84 bits per heavy atom. The van der Waals surface area contributed by atoms with Crippen molar-refractivity contribution in [3.05, 3.63) is 63.8 Å². The van der Waals surface area contributed by atoms with Crippen molar-refractivity contribution in [2.45, 2.75) is 48.8 Å². The van der Waals surface area contributed by atoms with Crippen LogP contribution in [0.5, 0.6) is 0 Å². The fourth-order valence-electron chi connectivity index (χ4n) is 5.25. The van der Waals surface area contributed by atoms with E-state index in [0.717, 1.165) is 43.5 Å². The number of pyridine rings is 2. The van der Waals surface area contributed by atoms with Crippen LogP contribution in [0.25, 0.3) is 0 Å². The first kappa shape index (κ1) is 26.2. The van der Waals surface area contributed by atoms with Crippen LogP contribution in [0.4, 0.5) is 13.2 Å². The number of fused-ring (bicyclic) bond motifs is 1. The number of aromatic nitrogens is 2. The maximum Gasteiger partial charge on any atom is 0.416 e. The number of hydrogen-bond acceptors (Lipinski definition) is 7. The second-order valence-electron chi connectivity index (χ2n) is 9.79. The Labute approximate surface area is 217 Å². The monoisotopic (exact) mass is 537 g/mol. The Bertz CT molecular complexity index is 1160. The number of thioether (sulfide) groups is 1. The van der Waals surface area contributed by atoms with Gasteiger partial charge in [0.1, 0.15) is 0 Å². The highest BCUT2D eigenvalue weighted by Gasteiger charge is 2.39. The van der Waals surface area contributed by atoms with E-state index >= 15 is 0 Å². The highest BCUT2D eigenvalue weighted by atomic mass is 32.2. The van der Waals surface area contributed by atoms with Crippen LogP contribution in [-0.4, -0.2) is 82.0 Å². The van der Waals surface area contributed by atoms with Crippen molar-refractivity contribution >= 4 is 17.7 Å². The number of nitrogens with zero attached hydrogens (tertiary/aromatic N) is 4. The van der Waals surface area contributed by atoms with Gasteiger partial charge >= 0.3 is 6.18 Å². The van der Waals surface area contributed by atoms with Crippen LogP contribution >= 0.6 is 11.8 Å². The van der Waals surface area contributed by atoms with Crippen LogP contribution in [0.2, 0.25) is 0 Å². The molecule has 37 heavy (non-hydrogen) atoms. The Kier molecular flexibility index (Phi) is 7.89. The van der Waals surface area contributed by atoms with Crippen LogP contribution in [0.3, 0.4) is 0 Å². The minimum absolute atomic E-state index is 0.0497. The lowest BCUT2D eigenvalue weighted by Gasteiger charge is -2.30. The molecule has 3 atom stereocenters. The number of carbonyl (C=O) groups excluding carboxylic acids is 1. The standard InChI is InChI=1S/C25H30F3N5O3S/c26-25(27,28)18-8-20-11-31(5-6-33(20)24(35)9-18)14-23(34)30-21-12-32(19-3-7-36-15-19)13-22(21)37-16-17-2-1-4-29-10-17/h1-2,4,8-10,19,21-22H,3,5-7,11-16H2,(H,30,34)/t19?,21?,22-/m0/s1. The van der Waals surface area contributed by atoms with Gasteiger partial charge in [-0.1, -0.05) is 6.07 Å². The molecule has 0 aliphatic carbocycles. The third-order valence-electron chi connectivity index (χ3n) is 7.18. The smallest absolute Gasteiger partial charge is 0.380 e. The Balaban J connectivity index is 1.22. The predicted octanol–water partition coefficient (Wildman–Crippen LogP) is 1.97. The number of hydrogen-bond donors (Lipinski definition) is 1. The Hall–Kier alpha value is -2.41. The number of rotatable bonds is 7. The van der Waals surface area contributed by atoms with E-state index in [-0.39, 0.29) is 42.5 Å². The minimum Gasteiger partial charge on any atom is -0.380 e. The fourth-order valence-corrected chi connectivity index (χ4v) is 6.51. The van der Waals surface area contributed by atoms with E-state index in [1.54, 1.807) is 22.9 Å². The zero-order chi connectivity index (χ0) is 26.0. The molecule has 0 aromatic carbocycles. The summed E-state index contributed by atoms with van der Waals surface area (Å²) in [6, 6.07) is 5.89. The van der Waals surface area contributed by atoms with Gasteiger partial charge in [0.25, 0.3) is 5.56 Å². The molecule has 5 heterocycles. The highest BCUT2D eigenvalue weighted by molar-refractivity contribution is 7.99. The molecule has 3 aliphatic heterocycles. The molecular formula is C25H30F3N5O3S. The van der Waals surface area contributed by atoms with Gasteiger partial charge in [0.15, 0.2) is 0 Å². The number of halogens is 3. The van der Waals surface area contributed by atoms with Crippen LogP contribution in [0, 0.1) is 0 Å². The molecule has 2 saturated heterocycles. The van der Waals surface area contributed by atoms with E-state index in [2.05, 4.69) is 15.2 Å². The zero-order valence-corrected chi connectivity index (χ0v) is 21.1. The van der Waals surface area contributed by atoms with Crippen molar-refractivity contribution in [3.63, 3.8) is 0 Å². The molecule has 2 fully saturated rings. The van der Waals surface area contributed by atoms with E-state index in [9.17, 15) is 22.8 Å². The topological polar surface area (TPSA) is 79.7 Å². The van der Waals surface area contributed by atoms with E-state index < -0.39 is 17.3 Å². The van der Waals surface area contributed by atoms with Gasteiger partial charge in [0.05, 0.1) is 24.8 Å². The zero-order valence-electron chi connectivity index (χ0n) is 20.3. The summed E-state index contributed by atoms with van der Waals surface area (Å²) in [5, 5.41) is 3.38. The number of ether oxygens (including phenoxy) is 1. The SMILES string of the molecule is O=C(CN1CCn2c(cc(C(F)(F)F)cc2=O)C1)NC1CN(C2CCOC2)C[C@@H]1SCc1cccnc1. The average molecular weight is 538 g/mol. The number of nitrogens with one attached hydrogen (secondary N) is 1. The molecule has 12 heteroatoms. The van der Waals surface area contributed by atoms with E-state index in [1.807, 2.05) is 18.3 Å². The first-order valence-corrected chi connectivity index (χ1v) is 13.5. The summed E-state index contributed by atoms with van der Waals surface area (Å²) < 4.78 is 46.5. The van der Waals surface area contributed by atoms with Crippen molar-refractivity contribution in [2.24, 2.45) is 0 Å². The largest absolute Gasteiger partial charge is 0.416 e. The quantitative estimate of drug-likeness (QED) is 0.579. The van der Waals surface area contributed by atoms with Crippen molar-refractivity contribution in [1.29, 1.82) is 0 Å². The van der Waals surface area contributed by atoms with Crippen molar-refractivity contribution in [2.75, 3.05) is 39.4 Å². The second kappa shape index (κ2) is 11.1.